The molecule has 0 saturated carbocycles. The molecule has 0 radical (unpaired) electrons. The van der Waals surface area contributed by atoms with Gasteiger partial charge in [-0.1, -0.05) is 0 Å². The number of ether oxygens (including phenoxy) is 2. The molecule has 1 rings (SSSR count). The van der Waals surface area contributed by atoms with Crippen molar-refractivity contribution in [2.24, 2.45) is 0 Å². The first-order valence-electron chi connectivity index (χ1n) is 6.15. The smallest absolute Gasteiger partial charge is 0.414 e. The number of aliphatic hydroxyl groups is 1. The van der Waals surface area contributed by atoms with Gasteiger partial charge in [-0.25, -0.2) is 4.79 Å². The number of esters is 1. The lowest BCUT2D eigenvalue weighted by Crippen LogP contribution is -2.39. The summed E-state index contributed by atoms with van der Waals surface area (Å²) in [6, 6.07) is -0.380. The number of carbonyl (C=O) groups is 2. The number of hydrogen-bond acceptors (Lipinski definition) is 5. The van der Waals surface area contributed by atoms with Crippen LogP contribution in [0.1, 0.15) is 33.6 Å². The van der Waals surface area contributed by atoms with Gasteiger partial charge in [0.05, 0.1) is 26.2 Å². The molecule has 108 valence electrons. The number of amides is 1. The number of aliphatic hydroxyl groups excluding tert-OH is 1. The van der Waals surface area contributed by atoms with Crippen molar-refractivity contribution in [2.75, 3.05) is 13.7 Å². The van der Waals surface area contributed by atoms with Crippen LogP contribution in [-0.2, 0) is 14.3 Å². The van der Waals surface area contributed by atoms with E-state index in [1.165, 1.54) is 12.0 Å². The molecule has 1 N–H and O–H groups in total. The van der Waals surface area contributed by atoms with E-state index in [9.17, 15) is 14.7 Å². The summed E-state index contributed by atoms with van der Waals surface area (Å²) < 4.78 is 9.83. The number of rotatable bonds is 3. The Balaban J connectivity index is 2.74. The van der Waals surface area contributed by atoms with Crippen LogP contribution in [0.15, 0.2) is 11.8 Å². The fourth-order valence-electron chi connectivity index (χ4n) is 1.80. The summed E-state index contributed by atoms with van der Waals surface area (Å²) in [6.45, 7) is 5.14. The molecule has 0 aromatic rings. The van der Waals surface area contributed by atoms with E-state index in [1.54, 1.807) is 27.0 Å². The standard InChI is InChI=1S/C13H21NO5/c1-13(2,3)19-12(17)14-7-9(5-10(14)8-15)6-11(16)18-4/h7,10,15H,5-6,8H2,1-4H3/t10-/m0/s1. The Morgan fingerprint density at radius 2 is 2.11 bits per heavy atom. The van der Waals surface area contributed by atoms with Crippen molar-refractivity contribution in [2.45, 2.75) is 45.3 Å². The second-order valence-electron chi connectivity index (χ2n) is 5.47. The van der Waals surface area contributed by atoms with Gasteiger partial charge in [-0.05, 0) is 32.8 Å². The summed E-state index contributed by atoms with van der Waals surface area (Å²) >= 11 is 0. The van der Waals surface area contributed by atoms with Gasteiger partial charge in [0.25, 0.3) is 0 Å². The lowest BCUT2D eigenvalue weighted by Gasteiger charge is -2.26. The molecule has 0 spiro atoms. The van der Waals surface area contributed by atoms with Crippen molar-refractivity contribution in [3.63, 3.8) is 0 Å². The SMILES string of the molecule is COC(=O)CC1=CN(C(=O)OC(C)(C)C)[C@H](CO)C1. The van der Waals surface area contributed by atoms with Crippen LogP contribution in [0.3, 0.4) is 0 Å². The maximum absolute atomic E-state index is 12.0. The molecular weight excluding hydrogens is 250 g/mol. The second kappa shape index (κ2) is 6.06. The average molecular weight is 271 g/mol. The van der Waals surface area contributed by atoms with Crippen LogP contribution < -0.4 is 0 Å². The van der Waals surface area contributed by atoms with Crippen molar-refractivity contribution < 1.29 is 24.2 Å². The maximum atomic E-state index is 12.0. The highest BCUT2D eigenvalue weighted by atomic mass is 16.6. The Hall–Kier alpha value is -1.56. The van der Waals surface area contributed by atoms with Crippen LogP contribution in [-0.4, -0.2) is 47.4 Å². The molecule has 0 aromatic carbocycles. The molecule has 1 aliphatic rings. The molecular formula is C13H21NO5. The monoisotopic (exact) mass is 271 g/mol. The largest absolute Gasteiger partial charge is 0.469 e. The quantitative estimate of drug-likeness (QED) is 0.786. The predicted octanol–water partition coefficient (Wildman–Crippen LogP) is 1.44. The van der Waals surface area contributed by atoms with E-state index in [0.717, 1.165) is 5.57 Å². The molecule has 0 saturated heterocycles. The van der Waals surface area contributed by atoms with E-state index >= 15 is 0 Å². The highest BCUT2D eigenvalue weighted by Gasteiger charge is 2.32. The van der Waals surface area contributed by atoms with E-state index in [-0.39, 0.29) is 25.0 Å². The van der Waals surface area contributed by atoms with Gasteiger partial charge in [-0.2, -0.15) is 0 Å². The van der Waals surface area contributed by atoms with E-state index in [4.69, 9.17) is 4.74 Å². The molecule has 1 heterocycles. The summed E-state index contributed by atoms with van der Waals surface area (Å²) in [5, 5.41) is 9.29. The first-order valence-corrected chi connectivity index (χ1v) is 6.15. The zero-order valence-electron chi connectivity index (χ0n) is 11.8. The van der Waals surface area contributed by atoms with Gasteiger partial charge < -0.3 is 14.6 Å². The Morgan fingerprint density at radius 3 is 2.58 bits per heavy atom. The molecule has 6 nitrogen and oxygen atoms in total. The number of methoxy groups -OCH3 is 1. The van der Waals surface area contributed by atoms with Crippen molar-refractivity contribution in [1.82, 2.24) is 4.90 Å². The Bertz CT molecular complexity index is 383. The van der Waals surface area contributed by atoms with Gasteiger partial charge in [0, 0.05) is 6.20 Å². The highest BCUT2D eigenvalue weighted by molar-refractivity contribution is 5.74. The topological polar surface area (TPSA) is 76.1 Å². The fraction of sp³-hybridized carbons (Fsp3) is 0.692. The molecule has 6 heteroatoms. The lowest BCUT2D eigenvalue weighted by atomic mass is 10.1. The molecule has 0 bridgehead atoms. The van der Waals surface area contributed by atoms with E-state index in [2.05, 4.69) is 4.74 Å². The van der Waals surface area contributed by atoms with Crippen LogP contribution in [0.4, 0.5) is 4.79 Å². The molecule has 0 aliphatic carbocycles. The first kappa shape index (κ1) is 15.5. The normalized spacial score (nSPS) is 19.1. The van der Waals surface area contributed by atoms with Gasteiger partial charge >= 0.3 is 12.1 Å². The third-order valence-corrected chi connectivity index (χ3v) is 2.63. The van der Waals surface area contributed by atoms with Crippen molar-refractivity contribution >= 4 is 12.1 Å². The summed E-state index contributed by atoms with van der Waals surface area (Å²) in [4.78, 5) is 24.5. The zero-order valence-corrected chi connectivity index (χ0v) is 11.8. The lowest BCUT2D eigenvalue weighted by molar-refractivity contribution is -0.139. The summed E-state index contributed by atoms with van der Waals surface area (Å²) in [5.41, 5.74) is 0.146. The number of carbonyl (C=O) groups excluding carboxylic acids is 2. The van der Waals surface area contributed by atoms with Crippen molar-refractivity contribution in [3.8, 4) is 0 Å². The minimum absolute atomic E-state index is 0.117. The third kappa shape index (κ3) is 4.55. The van der Waals surface area contributed by atoms with Crippen LogP contribution in [0.2, 0.25) is 0 Å². The fourth-order valence-corrected chi connectivity index (χ4v) is 1.80. The van der Waals surface area contributed by atoms with E-state index in [1.807, 2.05) is 0 Å². The summed E-state index contributed by atoms with van der Waals surface area (Å²) in [6.07, 6.45) is 1.61. The Kier molecular flexibility index (Phi) is 4.94. The van der Waals surface area contributed by atoms with Crippen molar-refractivity contribution in [3.05, 3.63) is 11.8 Å². The van der Waals surface area contributed by atoms with Gasteiger partial charge in [0.2, 0.25) is 0 Å². The molecule has 1 amide bonds. The average Bonchev–Trinajstić information content (AvgIpc) is 2.69. The highest BCUT2D eigenvalue weighted by Crippen LogP contribution is 2.26. The van der Waals surface area contributed by atoms with Crippen molar-refractivity contribution in [1.29, 1.82) is 0 Å². The number of nitrogens with zero attached hydrogens (tertiary/aromatic N) is 1. The van der Waals surface area contributed by atoms with E-state index in [0.29, 0.717) is 6.42 Å². The van der Waals surface area contributed by atoms with Gasteiger partial charge in [-0.15, -0.1) is 0 Å². The number of hydrogen-bond donors (Lipinski definition) is 1. The predicted molar refractivity (Wildman–Crippen MR) is 68.3 cm³/mol. The first-order chi connectivity index (χ1) is 8.76. The minimum atomic E-state index is -0.601. The molecule has 1 atom stereocenters. The van der Waals surface area contributed by atoms with E-state index < -0.39 is 11.7 Å². The molecule has 0 unspecified atom stereocenters. The third-order valence-electron chi connectivity index (χ3n) is 2.63. The molecule has 0 aromatic heterocycles. The Labute approximate surface area is 113 Å². The molecule has 0 fully saturated rings. The second-order valence-corrected chi connectivity index (χ2v) is 5.47. The van der Waals surface area contributed by atoms with Crippen LogP contribution in [0.25, 0.3) is 0 Å². The molecule has 19 heavy (non-hydrogen) atoms. The zero-order chi connectivity index (χ0) is 14.6. The van der Waals surface area contributed by atoms with Gasteiger partial charge in [0.1, 0.15) is 5.60 Å². The van der Waals surface area contributed by atoms with Crippen LogP contribution in [0, 0.1) is 0 Å². The minimum Gasteiger partial charge on any atom is -0.469 e. The van der Waals surface area contributed by atoms with Gasteiger partial charge in [-0.3, -0.25) is 9.69 Å². The van der Waals surface area contributed by atoms with Crippen LogP contribution >= 0.6 is 0 Å². The molecule has 1 aliphatic heterocycles. The Morgan fingerprint density at radius 1 is 1.47 bits per heavy atom. The summed E-state index contributed by atoms with van der Waals surface area (Å²) in [7, 11) is 1.31. The maximum Gasteiger partial charge on any atom is 0.414 e. The van der Waals surface area contributed by atoms with Crippen LogP contribution in [0.5, 0.6) is 0 Å². The van der Waals surface area contributed by atoms with Gasteiger partial charge in [0.15, 0.2) is 0 Å². The summed E-state index contributed by atoms with van der Waals surface area (Å²) in [5.74, 6) is -0.367.